The summed E-state index contributed by atoms with van der Waals surface area (Å²) in [6, 6.07) is 5.31. The van der Waals surface area contributed by atoms with E-state index < -0.39 is 10.0 Å². The highest BCUT2D eigenvalue weighted by molar-refractivity contribution is 7.89. The van der Waals surface area contributed by atoms with Gasteiger partial charge in [0.05, 0.1) is 18.3 Å². The molecule has 1 fully saturated rings. The molecule has 0 amide bonds. The number of guanidine groups is 1. The van der Waals surface area contributed by atoms with Gasteiger partial charge >= 0.3 is 0 Å². The van der Waals surface area contributed by atoms with Crippen LogP contribution in [0.5, 0.6) is 0 Å². The van der Waals surface area contributed by atoms with Gasteiger partial charge in [-0.1, -0.05) is 29.3 Å². The van der Waals surface area contributed by atoms with Gasteiger partial charge in [0.15, 0.2) is 5.96 Å². The van der Waals surface area contributed by atoms with E-state index in [2.05, 4.69) is 15.6 Å². The van der Waals surface area contributed by atoms with Gasteiger partial charge in [-0.05, 0) is 38.0 Å². The Morgan fingerprint density at radius 3 is 2.76 bits per heavy atom. The van der Waals surface area contributed by atoms with E-state index >= 15 is 0 Å². The van der Waals surface area contributed by atoms with Gasteiger partial charge in [-0.25, -0.2) is 12.7 Å². The van der Waals surface area contributed by atoms with E-state index in [1.165, 1.54) is 4.31 Å². The molecule has 1 atom stereocenters. The molecule has 1 heterocycles. The van der Waals surface area contributed by atoms with E-state index in [1.54, 1.807) is 12.1 Å². The molecule has 0 bridgehead atoms. The van der Waals surface area contributed by atoms with Gasteiger partial charge in [0.2, 0.25) is 10.0 Å². The smallest absolute Gasteiger partial charge is 0.214 e. The molecule has 0 aliphatic carbocycles. The number of halogens is 2. The Bertz CT molecular complexity index is 725. The Hall–Kier alpha value is -1.02. The highest BCUT2D eigenvalue weighted by Gasteiger charge is 2.27. The minimum absolute atomic E-state index is 0.0712. The van der Waals surface area contributed by atoms with Crippen molar-refractivity contribution in [1.82, 2.24) is 14.9 Å². The van der Waals surface area contributed by atoms with Crippen LogP contribution in [0, 0.1) is 0 Å². The first-order valence-electron chi connectivity index (χ1n) is 8.31. The standard InChI is InChI=1S/C16H24Cl2N4O2S/c1-3-19-16(20-7-9-22-8-4-10-25(22,23)24)21-12(2)14-6-5-13(17)11-15(14)18/h5-6,11-12H,3-4,7-10H2,1-2H3,(H2,19,20,21). The van der Waals surface area contributed by atoms with Crippen LogP contribution in [0.4, 0.5) is 0 Å². The summed E-state index contributed by atoms with van der Waals surface area (Å²) in [4.78, 5) is 4.47. The predicted molar refractivity (Wildman–Crippen MR) is 104 cm³/mol. The van der Waals surface area contributed by atoms with Crippen LogP contribution in [-0.2, 0) is 10.0 Å². The first kappa shape index (κ1) is 20.3. The van der Waals surface area contributed by atoms with Gasteiger partial charge in [0.1, 0.15) is 0 Å². The quantitative estimate of drug-likeness (QED) is 0.562. The van der Waals surface area contributed by atoms with Crippen molar-refractivity contribution in [3.63, 3.8) is 0 Å². The van der Waals surface area contributed by atoms with Gasteiger partial charge in [-0.15, -0.1) is 0 Å². The molecule has 140 valence electrons. The van der Waals surface area contributed by atoms with Crippen LogP contribution in [0.2, 0.25) is 10.0 Å². The Balaban J connectivity index is 1.99. The fraction of sp³-hybridized carbons (Fsp3) is 0.562. The van der Waals surface area contributed by atoms with Crippen molar-refractivity contribution in [1.29, 1.82) is 0 Å². The Morgan fingerprint density at radius 1 is 1.40 bits per heavy atom. The third-order valence-electron chi connectivity index (χ3n) is 3.95. The van der Waals surface area contributed by atoms with Gasteiger partial charge < -0.3 is 10.6 Å². The highest BCUT2D eigenvalue weighted by Crippen LogP contribution is 2.26. The number of rotatable bonds is 6. The SMILES string of the molecule is CCNC(=NCCN1CCCS1(=O)=O)NC(C)c1ccc(Cl)cc1Cl. The van der Waals surface area contributed by atoms with E-state index in [4.69, 9.17) is 23.2 Å². The van der Waals surface area contributed by atoms with Crippen molar-refractivity contribution < 1.29 is 8.42 Å². The third kappa shape index (κ3) is 5.74. The summed E-state index contributed by atoms with van der Waals surface area (Å²) in [5, 5.41) is 7.63. The number of hydrogen-bond acceptors (Lipinski definition) is 3. The maximum atomic E-state index is 11.8. The lowest BCUT2D eigenvalue weighted by Gasteiger charge is -2.20. The van der Waals surface area contributed by atoms with E-state index in [0.29, 0.717) is 48.6 Å². The molecule has 1 aliphatic heterocycles. The summed E-state index contributed by atoms with van der Waals surface area (Å²) in [6.45, 7) is 6.03. The van der Waals surface area contributed by atoms with Crippen LogP contribution >= 0.6 is 23.2 Å². The monoisotopic (exact) mass is 406 g/mol. The normalized spacial score (nSPS) is 19.0. The highest BCUT2D eigenvalue weighted by atomic mass is 35.5. The molecule has 25 heavy (non-hydrogen) atoms. The maximum absolute atomic E-state index is 11.8. The lowest BCUT2D eigenvalue weighted by atomic mass is 10.1. The van der Waals surface area contributed by atoms with Crippen molar-refractivity contribution in [2.45, 2.75) is 26.3 Å². The van der Waals surface area contributed by atoms with Gasteiger partial charge in [0, 0.05) is 29.7 Å². The number of nitrogens with one attached hydrogen (secondary N) is 2. The number of sulfonamides is 1. The molecule has 0 aromatic heterocycles. The molecule has 0 radical (unpaired) electrons. The van der Waals surface area contributed by atoms with Crippen molar-refractivity contribution in [3.8, 4) is 0 Å². The summed E-state index contributed by atoms with van der Waals surface area (Å²) in [5.74, 6) is 0.860. The van der Waals surface area contributed by atoms with E-state index in [-0.39, 0.29) is 11.8 Å². The van der Waals surface area contributed by atoms with Crippen LogP contribution in [0.15, 0.2) is 23.2 Å². The van der Waals surface area contributed by atoms with Crippen molar-refractivity contribution in [3.05, 3.63) is 33.8 Å². The van der Waals surface area contributed by atoms with E-state index in [1.807, 2.05) is 19.9 Å². The number of nitrogens with zero attached hydrogens (tertiary/aromatic N) is 2. The van der Waals surface area contributed by atoms with Crippen LogP contribution in [0.1, 0.15) is 31.9 Å². The molecule has 0 saturated carbocycles. The summed E-state index contributed by atoms with van der Waals surface area (Å²) in [5.41, 5.74) is 0.916. The molecule has 2 rings (SSSR count). The molecule has 6 nitrogen and oxygen atoms in total. The fourth-order valence-electron chi connectivity index (χ4n) is 2.67. The van der Waals surface area contributed by atoms with Crippen molar-refractivity contribution in [2.75, 3.05) is 31.9 Å². The summed E-state index contributed by atoms with van der Waals surface area (Å²) >= 11 is 12.2. The van der Waals surface area contributed by atoms with Crippen LogP contribution in [0.3, 0.4) is 0 Å². The van der Waals surface area contributed by atoms with Crippen molar-refractivity contribution >= 4 is 39.2 Å². The Labute approximate surface area is 159 Å². The molecule has 2 N–H and O–H groups in total. The van der Waals surface area contributed by atoms with Crippen LogP contribution in [0.25, 0.3) is 0 Å². The van der Waals surface area contributed by atoms with Crippen molar-refractivity contribution in [2.24, 2.45) is 4.99 Å². The Morgan fingerprint density at radius 2 is 2.16 bits per heavy atom. The molecule has 1 unspecified atom stereocenters. The number of benzene rings is 1. The lowest BCUT2D eigenvalue weighted by Crippen LogP contribution is -2.39. The van der Waals surface area contributed by atoms with Gasteiger partial charge in [-0.2, -0.15) is 0 Å². The first-order chi connectivity index (χ1) is 11.8. The zero-order valence-electron chi connectivity index (χ0n) is 14.4. The van der Waals surface area contributed by atoms with Gasteiger partial charge in [-0.3, -0.25) is 4.99 Å². The zero-order valence-corrected chi connectivity index (χ0v) is 16.8. The second-order valence-corrected chi connectivity index (χ2v) is 8.79. The molecule has 1 saturated heterocycles. The molecule has 9 heteroatoms. The van der Waals surface area contributed by atoms with E-state index in [9.17, 15) is 8.42 Å². The molecule has 1 aromatic carbocycles. The molecular formula is C16H24Cl2N4O2S. The topological polar surface area (TPSA) is 73.8 Å². The second-order valence-electron chi connectivity index (χ2n) is 5.86. The second kappa shape index (κ2) is 9.07. The minimum Gasteiger partial charge on any atom is -0.357 e. The van der Waals surface area contributed by atoms with Crippen LogP contribution < -0.4 is 10.6 Å². The predicted octanol–water partition coefficient (Wildman–Crippen LogP) is 2.65. The zero-order chi connectivity index (χ0) is 18.4. The Kier molecular flexibility index (Phi) is 7.37. The summed E-state index contributed by atoms with van der Waals surface area (Å²) in [6.07, 6.45) is 0.691. The first-order valence-corrected chi connectivity index (χ1v) is 10.7. The summed E-state index contributed by atoms with van der Waals surface area (Å²) < 4.78 is 25.1. The lowest BCUT2D eigenvalue weighted by molar-refractivity contribution is 0.452. The maximum Gasteiger partial charge on any atom is 0.214 e. The van der Waals surface area contributed by atoms with Gasteiger partial charge in [0.25, 0.3) is 0 Å². The molecule has 1 aliphatic rings. The van der Waals surface area contributed by atoms with Crippen LogP contribution in [-0.4, -0.2) is 50.6 Å². The average Bonchev–Trinajstić information content (AvgIpc) is 2.86. The summed E-state index contributed by atoms with van der Waals surface area (Å²) in [7, 11) is -3.08. The largest absolute Gasteiger partial charge is 0.357 e. The molecular weight excluding hydrogens is 383 g/mol. The van der Waals surface area contributed by atoms with E-state index in [0.717, 1.165) is 5.56 Å². The number of aliphatic imine (C=N–C) groups is 1. The minimum atomic E-state index is -3.08. The number of hydrogen-bond donors (Lipinski definition) is 2. The average molecular weight is 407 g/mol. The molecule has 0 spiro atoms. The molecule has 1 aromatic rings. The third-order valence-corrected chi connectivity index (χ3v) is 6.47. The fourth-order valence-corrected chi connectivity index (χ4v) is 4.76.